The van der Waals surface area contributed by atoms with Crippen LogP contribution in [0.5, 0.6) is 11.5 Å². The second-order valence-corrected chi connectivity index (χ2v) is 9.64. The molecule has 5 nitrogen and oxygen atoms in total. The summed E-state index contributed by atoms with van der Waals surface area (Å²) in [5, 5.41) is 5.97. The molecule has 0 radical (unpaired) electrons. The quantitative estimate of drug-likeness (QED) is 0.375. The minimum Gasteiger partial charge on any atom is -0.456 e. The Morgan fingerprint density at radius 3 is 2.77 bits per heavy atom. The van der Waals surface area contributed by atoms with Crippen molar-refractivity contribution >= 4 is 22.4 Å². The lowest BCUT2D eigenvalue weighted by Crippen LogP contribution is -2.27. The van der Waals surface area contributed by atoms with Crippen LogP contribution in [0.4, 0.5) is 5.13 Å². The number of nitrogens with zero attached hydrogens (tertiary/aromatic N) is 2. The van der Waals surface area contributed by atoms with Crippen LogP contribution < -0.4 is 15.8 Å². The number of aryl methyl sites for hydroxylation is 2. The Morgan fingerprint density at radius 2 is 2.00 bits per heavy atom. The summed E-state index contributed by atoms with van der Waals surface area (Å²) in [5.74, 6) is 3.68. The van der Waals surface area contributed by atoms with Crippen molar-refractivity contribution in [3.8, 4) is 22.8 Å². The monoisotopic (exact) mass is 432 g/mol. The predicted molar refractivity (Wildman–Crippen MR) is 128 cm³/mol. The first-order valence-corrected chi connectivity index (χ1v) is 11.8. The molecule has 0 aliphatic heterocycles. The van der Waals surface area contributed by atoms with Crippen LogP contribution in [0, 0.1) is 25.7 Å². The van der Waals surface area contributed by atoms with Crippen LogP contribution in [0.15, 0.2) is 52.8 Å². The summed E-state index contributed by atoms with van der Waals surface area (Å²) in [4.78, 5) is 9.50. The van der Waals surface area contributed by atoms with Gasteiger partial charge in [0.1, 0.15) is 11.5 Å². The molecule has 2 aromatic carbocycles. The summed E-state index contributed by atoms with van der Waals surface area (Å²) in [7, 11) is 0. The van der Waals surface area contributed by atoms with Crippen molar-refractivity contribution in [1.29, 1.82) is 0 Å². The van der Waals surface area contributed by atoms with E-state index in [1.165, 1.54) is 42.6 Å². The number of nitrogens with one attached hydrogen (secondary N) is 1. The van der Waals surface area contributed by atoms with E-state index in [2.05, 4.69) is 31.3 Å². The van der Waals surface area contributed by atoms with Gasteiger partial charge in [-0.25, -0.2) is 9.98 Å². The van der Waals surface area contributed by atoms with Crippen LogP contribution in [0.3, 0.4) is 0 Å². The minimum absolute atomic E-state index is 0.373. The van der Waals surface area contributed by atoms with Crippen molar-refractivity contribution in [2.45, 2.75) is 45.6 Å². The number of anilines is 1. The summed E-state index contributed by atoms with van der Waals surface area (Å²) < 4.78 is 6.25. The van der Waals surface area contributed by atoms with E-state index in [1.54, 1.807) is 0 Å². The van der Waals surface area contributed by atoms with Gasteiger partial charge < -0.3 is 15.8 Å². The van der Waals surface area contributed by atoms with Gasteiger partial charge in [0.25, 0.3) is 0 Å². The van der Waals surface area contributed by atoms with E-state index in [0.717, 1.165) is 39.4 Å². The number of hydrogen-bond acceptors (Lipinski definition) is 4. The number of guanidine groups is 1. The summed E-state index contributed by atoms with van der Waals surface area (Å²) in [6.45, 7) is 4.15. The molecule has 3 atom stereocenters. The van der Waals surface area contributed by atoms with Crippen molar-refractivity contribution < 1.29 is 4.74 Å². The molecule has 2 fully saturated rings. The average molecular weight is 433 g/mol. The molecule has 3 N–H and O–H groups in total. The molecule has 0 spiro atoms. The molecule has 2 aliphatic rings. The lowest BCUT2D eigenvalue weighted by atomic mass is 9.96. The third-order valence-corrected chi connectivity index (χ3v) is 7.22. The van der Waals surface area contributed by atoms with Gasteiger partial charge in [-0.15, -0.1) is 11.3 Å². The maximum atomic E-state index is 6.25. The number of thiazole rings is 1. The van der Waals surface area contributed by atoms with Crippen molar-refractivity contribution in [3.63, 3.8) is 0 Å². The lowest BCUT2D eigenvalue weighted by molar-refractivity contribution is 0.420. The van der Waals surface area contributed by atoms with Crippen molar-refractivity contribution in [3.05, 3.63) is 59.0 Å². The molecule has 2 bridgehead atoms. The van der Waals surface area contributed by atoms with Crippen molar-refractivity contribution in [2.75, 3.05) is 5.32 Å². The van der Waals surface area contributed by atoms with Gasteiger partial charge in [-0.3, -0.25) is 0 Å². The Morgan fingerprint density at radius 1 is 1.13 bits per heavy atom. The largest absolute Gasteiger partial charge is 0.456 e. The topological polar surface area (TPSA) is 72.5 Å². The van der Waals surface area contributed by atoms with Crippen molar-refractivity contribution in [2.24, 2.45) is 22.6 Å². The van der Waals surface area contributed by atoms with Crippen LogP contribution in [0.2, 0.25) is 0 Å². The molecule has 1 aromatic heterocycles. The van der Waals surface area contributed by atoms with E-state index in [-0.39, 0.29) is 0 Å². The number of para-hydroxylation sites is 1. The average Bonchev–Trinajstić information content (AvgIpc) is 3.48. The lowest BCUT2D eigenvalue weighted by Gasteiger charge is -2.18. The van der Waals surface area contributed by atoms with E-state index in [9.17, 15) is 0 Å². The molecule has 0 amide bonds. The molecule has 6 heteroatoms. The SMILES string of the molecule is Cc1ccc(Oc2ccccc2-c2csc(NC(N)=NC3CC4CCC3C4)n2)c(C)c1. The fourth-order valence-electron chi connectivity index (χ4n) is 4.94. The number of rotatable bonds is 5. The standard InChI is InChI=1S/C25H28N4OS/c1-15-7-10-22(16(2)11-15)30-23-6-4-3-5-19(23)21-14-31-25(28-21)29-24(26)27-20-13-17-8-9-18(20)12-17/h3-7,10-11,14,17-18,20H,8-9,12-13H2,1-2H3,(H3,26,27,28,29). The second kappa shape index (κ2) is 8.35. The van der Waals surface area contributed by atoms with E-state index in [1.807, 2.05) is 35.7 Å². The Hall–Kier alpha value is -2.86. The van der Waals surface area contributed by atoms with E-state index < -0.39 is 0 Å². The zero-order chi connectivity index (χ0) is 21.4. The third kappa shape index (κ3) is 4.30. The van der Waals surface area contributed by atoms with Gasteiger partial charge in [-0.1, -0.05) is 36.2 Å². The highest BCUT2D eigenvalue weighted by Gasteiger charge is 2.39. The van der Waals surface area contributed by atoms with Gasteiger partial charge in [0.15, 0.2) is 11.1 Å². The number of ether oxygens (including phenoxy) is 1. The van der Waals surface area contributed by atoms with Crippen LogP contribution in [-0.4, -0.2) is 17.0 Å². The highest BCUT2D eigenvalue weighted by atomic mass is 32.1. The number of hydrogen-bond donors (Lipinski definition) is 2. The van der Waals surface area contributed by atoms with E-state index >= 15 is 0 Å². The molecular weight excluding hydrogens is 404 g/mol. The van der Waals surface area contributed by atoms with Gasteiger partial charge in [0.05, 0.1) is 11.7 Å². The molecule has 3 aromatic rings. The summed E-state index contributed by atoms with van der Waals surface area (Å²) >= 11 is 1.53. The maximum absolute atomic E-state index is 6.25. The minimum atomic E-state index is 0.373. The number of benzene rings is 2. The first kappa shape index (κ1) is 20.1. The van der Waals surface area contributed by atoms with Crippen LogP contribution >= 0.6 is 11.3 Å². The third-order valence-electron chi connectivity index (χ3n) is 6.46. The molecule has 160 valence electrons. The fraction of sp³-hybridized carbons (Fsp3) is 0.360. The molecular formula is C25H28N4OS. The van der Waals surface area contributed by atoms with Gasteiger partial charge >= 0.3 is 0 Å². The highest BCUT2D eigenvalue weighted by molar-refractivity contribution is 7.14. The Labute approximate surface area is 187 Å². The molecule has 2 saturated carbocycles. The van der Waals surface area contributed by atoms with Crippen LogP contribution in [0.1, 0.15) is 36.8 Å². The number of nitrogens with two attached hydrogens (primary N) is 1. The van der Waals surface area contributed by atoms with Gasteiger partial charge in [0.2, 0.25) is 0 Å². The van der Waals surface area contributed by atoms with Gasteiger partial charge in [0, 0.05) is 10.9 Å². The first-order chi connectivity index (χ1) is 15.0. The molecule has 1 heterocycles. The number of aliphatic imine (C=N–C) groups is 1. The second-order valence-electron chi connectivity index (χ2n) is 8.79. The predicted octanol–water partition coefficient (Wildman–Crippen LogP) is 6.13. The maximum Gasteiger partial charge on any atom is 0.195 e. The zero-order valence-electron chi connectivity index (χ0n) is 18.0. The van der Waals surface area contributed by atoms with Gasteiger partial charge in [-0.2, -0.15) is 0 Å². The molecule has 31 heavy (non-hydrogen) atoms. The fourth-order valence-corrected chi connectivity index (χ4v) is 5.66. The Bertz CT molecular complexity index is 1120. The Kier molecular flexibility index (Phi) is 5.40. The number of fused-ring (bicyclic) bond motifs is 2. The first-order valence-electron chi connectivity index (χ1n) is 11.0. The Balaban J connectivity index is 1.33. The highest BCUT2D eigenvalue weighted by Crippen LogP contribution is 2.46. The van der Waals surface area contributed by atoms with Gasteiger partial charge in [-0.05, 0) is 68.7 Å². The van der Waals surface area contributed by atoms with Crippen LogP contribution in [0.25, 0.3) is 11.3 Å². The summed E-state index contributed by atoms with van der Waals surface area (Å²) in [6.07, 6.45) is 5.16. The molecule has 5 rings (SSSR count). The molecule has 3 unspecified atom stereocenters. The number of aromatic nitrogens is 1. The summed E-state index contributed by atoms with van der Waals surface area (Å²) in [6, 6.07) is 14.6. The smallest absolute Gasteiger partial charge is 0.195 e. The molecule has 0 saturated heterocycles. The van der Waals surface area contributed by atoms with Crippen molar-refractivity contribution in [1.82, 2.24) is 4.98 Å². The normalized spacial score (nSPS) is 22.6. The van der Waals surface area contributed by atoms with Crippen LogP contribution in [-0.2, 0) is 0 Å². The van der Waals surface area contributed by atoms with E-state index in [4.69, 9.17) is 20.4 Å². The summed E-state index contributed by atoms with van der Waals surface area (Å²) in [5.41, 5.74) is 10.4. The zero-order valence-corrected chi connectivity index (χ0v) is 18.8. The molecule has 2 aliphatic carbocycles. The van der Waals surface area contributed by atoms with E-state index in [0.29, 0.717) is 17.9 Å².